The predicted octanol–water partition coefficient (Wildman–Crippen LogP) is 3.41. The van der Waals surface area contributed by atoms with E-state index in [9.17, 15) is 14.4 Å². The number of nitrogens with zero attached hydrogens (tertiary/aromatic N) is 1. The minimum atomic E-state index is -0.626. The van der Waals surface area contributed by atoms with E-state index in [4.69, 9.17) is 9.47 Å². The topological polar surface area (TPSA) is 84.9 Å². The molecule has 1 heterocycles. The van der Waals surface area contributed by atoms with Crippen LogP contribution in [0.3, 0.4) is 0 Å². The number of amides is 2. The fourth-order valence-electron chi connectivity index (χ4n) is 3.09. The van der Waals surface area contributed by atoms with Crippen molar-refractivity contribution in [3.8, 4) is 5.75 Å². The van der Waals surface area contributed by atoms with Gasteiger partial charge in [0.05, 0.1) is 6.61 Å². The van der Waals surface area contributed by atoms with Crippen molar-refractivity contribution in [3.05, 3.63) is 60.2 Å². The maximum Gasteiger partial charge on any atom is 0.331 e. The predicted molar refractivity (Wildman–Crippen MR) is 114 cm³/mol. The first-order valence-corrected chi connectivity index (χ1v) is 9.84. The number of hydrogen-bond acceptors (Lipinski definition) is 5. The molecule has 0 aliphatic carbocycles. The number of hydrogen-bond donors (Lipinski definition) is 1. The standard InChI is InChI=1S/C23H24N2O5/c1-2-29-20-7-4-3-6-17(20)9-14-23(28)30-16-21(26)24-18-10-12-19(13-11-18)25-15-5-8-22(25)27/h3-4,6-7,9-14H,2,5,8,15-16H2,1H3,(H,24,26)/b14-9+. The van der Waals surface area contributed by atoms with Gasteiger partial charge >= 0.3 is 5.97 Å². The van der Waals surface area contributed by atoms with E-state index in [1.807, 2.05) is 31.2 Å². The van der Waals surface area contributed by atoms with E-state index in [1.54, 1.807) is 35.2 Å². The highest BCUT2D eigenvalue weighted by atomic mass is 16.5. The van der Waals surface area contributed by atoms with Gasteiger partial charge in [0.1, 0.15) is 5.75 Å². The molecule has 1 aliphatic rings. The number of benzene rings is 2. The second-order valence-corrected chi connectivity index (χ2v) is 6.66. The summed E-state index contributed by atoms with van der Waals surface area (Å²) in [6.45, 7) is 2.71. The summed E-state index contributed by atoms with van der Waals surface area (Å²) >= 11 is 0. The highest BCUT2D eigenvalue weighted by Crippen LogP contribution is 2.23. The zero-order chi connectivity index (χ0) is 21.3. The molecular weight excluding hydrogens is 384 g/mol. The molecule has 1 aliphatic heterocycles. The fraction of sp³-hybridized carbons (Fsp3) is 0.261. The van der Waals surface area contributed by atoms with Crippen molar-refractivity contribution in [1.29, 1.82) is 0 Å². The van der Waals surface area contributed by atoms with Crippen molar-refractivity contribution in [2.75, 3.05) is 30.0 Å². The fourth-order valence-corrected chi connectivity index (χ4v) is 3.09. The summed E-state index contributed by atoms with van der Waals surface area (Å²) in [6.07, 6.45) is 4.26. The molecule has 1 saturated heterocycles. The van der Waals surface area contributed by atoms with Crippen LogP contribution >= 0.6 is 0 Å². The average Bonchev–Trinajstić information content (AvgIpc) is 3.18. The molecule has 3 rings (SSSR count). The summed E-state index contributed by atoms with van der Waals surface area (Å²) in [6, 6.07) is 14.3. The Morgan fingerprint density at radius 3 is 2.60 bits per heavy atom. The third-order valence-electron chi connectivity index (χ3n) is 4.50. The molecule has 1 fully saturated rings. The summed E-state index contributed by atoms with van der Waals surface area (Å²) < 4.78 is 10.5. The lowest BCUT2D eigenvalue weighted by Gasteiger charge is -2.16. The van der Waals surface area contributed by atoms with Gasteiger partial charge in [-0.1, -0.05) is 18.2 Å². The Morgan fingerprint density at radius 1 is 1.13 bits per heavy atom. The Labute approximate surface area is 175 Å². The van der Waals surface area contributed by atoms with E-state index in [0.717, 1.165) is 17.7 Å². The van der Waals surface area contributed by atoms with Crippen LogP contribution in [0.1, 0.15) is 25.3 Å². The molecule has 7 nitrogen and oxygen atoms in total. The van der Waals surface area contributed by atoms with Gasteiger partial charge in [0, 0.05) is 36.0 Å². The summed E-state index contributed by atoms with van der Waals surface area (Å²) in [7, 11) is 0. The molecule has 0 aromatic heterocycles. The molecule has 0 spiro atoms. The maximum absolute atomic E-state index is 12.0. The third kappa shape index (κ3) is 5.70. The minimum absolute atomic E-state index is 0.107. The zero-order valence-electron chi connectivity index (χ0n) is 16.8. The van der Waals surface area contributed by atoms with Crippen LogP contribution in [0.2, 0.25) is 0 Å². The number of nitrogens with one attached hydrogen (secondary N) is 1. The number of anilines is 2. The number of carbonyl (C=O) groups is 3. The Morgan fingerprint density at radius 2 is 1.90 bits per heavy atom. The molecule has 2 amide bonds. The van der Waals surface area contributed by atoms with Gasteiger partial charge in [0.15, 0.2) is 6.61 Å². The third-order valence-corrected chi connectivity index (χ3v) is 4.50. The summed E-state index contributed by atoms with van der Waals surface area (Å²) in [5.74, 6) is -0.299. The molecule has 1 N–H and O–H groups in total. The molecule has 0 atom stereocenters. The molecule has 156 valence electrons. The van der Waals surface area contributed by atoms with Gasteiger partial charge in [-0.05, 0) is 49.8 Å². The minimum Gasteiger partial charge on any atom is -0.493 e. The largest absolute Gasteiger partial charge is 0.493 e. The van der Waals surface area contributed by atoms with Gasteiger partial charge in [-0.15, -0.1) is 0 Å². The Bertz CT molecular complexity index is 937. The van der Waals surface area contributed by atoms with E-state index in [-0.39, 0.29) is 5.91 Å². The van der Waals surface area contributed by atoms with Crippen LogP contribution in [0.25, 0.3) is 6.08 Å². The Kier molecular flexibility index (Phi) is 7.21. The number of esters is 1. The lowest BCUT2D eigenvalue weighted by molar-refractivity contribution is -0.142. The first-order chi connectivity index (χ1) is 14.6. The monoisotopic (exact) mass is 408 g/mol. The number of rotatable bonds is 8. The highest BCUT2D eigenvalue weighted by molar-refractivity contribution is 5.97. The molecular formula is C23H24N2O5. The quantitative estimate of drug-likeness (QED) is 0.535. The lowest BCUT2D eigenvalue weighted by Crippen LogP contribution is -2.23. The van der Waals surface area contributed by atoms with Gasteiger partial charge in [-0.3, -0.25) is 9.59 Å². The second-order valence-electron chi connectivity index (χ2n) is 6.66. The summed E-state index contributed by atoms with van der Waals surface area (Å²) in [5, 5.41) is 2.66. The van der Waals surface area contributed by atoms with E-state index in [2.05, 4.69) is 5.32 Å². The van der Waals surface area contributed by atoms with E-state index in [1.165, 1.54) is 6.08 Å². The smallest absolute Gasteiger partial charge is 0.331 e. The van der Waals surface area contributed by atoms with Crippen LogP contribution in [0.4, 0.5) is 11.4 Å². The molecule has 0 radical (unpaired) electrons. The number of para-hydroxylation sites is 1. The van der Waals surface area contributed by atoms with Crippen molar-refractivity contribution in [2.45, 2.75) is 19.8 Å². The van der Waals surface area contributed by atoms with E-state index >= 15 is 0 Å². The number of ether oxygens (including phenoxy) is 2. The lowest BCUT2D eigenvalue weighted by atomic mass is 10.2. The Hall–Kier alpha value is -3.61. The molecule has 0 saturated carbocycles. The van der Waals surface area contributed by atoms with Crippen LogP contribution in [-0.4, -0.2) is 37.5 Å². The summed E-state index contributed by atoms with van der Waals surface area (Å²) in [5.41, 5.74) is 2.12. The molecule has 30 heavy (non-hydrogen) atoms. The normalized spacial score (nSPS) is 13.5. The molecule has 2 aromatic carbocycles. The molecule has 2 aromatic rings. The van der Waals surface area contributed by atoms with Gasteiger partial charge < -0.3 is 19.7 Å². The van der Waals surface area contributed by atoms with Gasteiger partial charge in [0.25, 0.3) is 5.91 Å². The highest BCUT2D eigenvalue weighted by Gasteiger charge is 2.21. The molecule has 0 unspecified atom stereocenters. The van der Waals surface area contributed by atoms with Crippen LogP contribution in [-0.2, 0) is 19.1 Å². The van der Waals surface area contributed by atoms with Gasteiger partial charge in [-0.25, -0.2) is 4.79 Å². The molecule has 0 bridgehead atoms. The average molecular weight is 408 g/mol. The Balaban J connectivity index is 1.47. The first kappa shape index (κ1) is 21.1. The van der Waals surface area contributed by atoms with Gasteiger partial charge in [-0.2, -0.15) is 0 Å². The zero-order valence-corrected chi connectivity index (χ0v) is 16.8. The first-order valence-electron chi connectivity index (χ1n) is 9.84. The second kappa shape index (κ2) is 10.2. The maximum atomic E-state index is 12.0. The van der Waals surface area contributed by atoms with Gasteiger partial charge in [0.2, 0.25) is 5.91 Å². The van der Waals surface area contributed by atoms with Crippen molar-refractivity contribution >= 4 is 35.2 Å². The van der Waals surface area contributed by atoms with E-state index < -0.39 is 18.5 Å². The van der Waals surface area contributed by atoms with Crippen LogP contribution in [0.15, 0.2) is 54.6 Å². The van der Waals surface area contributed by atoms with Crippen molar-refractivity contribution in [3.63, 3.8) is 0 Å². The molecule has 7 heteroatoms. The van der Waals surface area contributed by atoms with Crippen molar-refractivity contribution in [2.24, 2.45) is 0 Å². The van der Waals surface area contributed by atoms with Crippen LogP contribution < -0.4 is 15.0 Å². The van der Waals surface area contributed by atoms with Crippen molar-refractivity contribution < 1.29 is 23.9 Å². The van der Waals surface area contributed by atoms with E-state index in [0.29, 0.717) is 31.0 Å². The van der Waals surface area contributed by atoms with Crippen LogP contribution in [0, 0.1) is 0 Å². The summed E-state index contributed by atoms with van der Waals surface area (Å²) in [4.78, 5) is 37.4. The van der Waals surface area contributed by atoms with Crippen LogP contribution in [0.5, 0.6) is 5.75 Å². The van der Waals surface area contributed by atoms with Crippen molar-refractivity contribution in [1.82, 2.24) is 0 Å². The number of carbonyl (C=O) groups excluding carboxylic acids is 3. The SMILES string of the molecule is CCOc1ccccc1/C=C/C(=O)OCC(=O)Nc1ccc(N2CCCC2=O)cc1.